The van der Waals surface area contributed by atoms with Crippen molar-refractivity contribution in [1.82, 2.24) is 10.6 Å². The van der Waals surface area contributed by atoms with Crippen LogP contribution in [0.15, 0.2) is 0 Å². The topological polar surface area (TPSA) is 78.4 Å². The minimum Gasteiger partial charge on any atom is -0.480 e. The Morgan fingerprint density at radius 2 is 1.94 bits per heavy atom. The lowest BCUT2D eigenvalue weighted by Crippen LogP contribution is -2.53. The lowest BCUT2D eigenvalue weighted by Gasteiger charge is -2.24. The fraction of sp³-hybridized carbons (Fsp3) is 0.833. The van der Waals surface area contributed by atoms with Crippen molar-refractivity contribution < 1.29 is 14.7 Å². The molecule has 0 aliphatic heterocycles. The van der Waals surface area contributed by atoms with Crippen LogP contribution in [0, 0.1) is 0 Å². The number of carbonyl (C=O) groups excluding carboxylic acids is 1. The van der Waals surface area contributed by atoms with E-state index >= 15 is 0 Å². The molecule has 1 fully saturated rings. The second-order valence-electron chi connectivity index (χ2n) is 4.89. The molecule has 0 radical (unpaired) electrons. The Labute approximate surface area is 102 Å². The SMILES string of the molecule is CCC(C)(NCC(=O)NC1CCCC1)C(=O)O. The zero-order valence-electron chi connectivity index (χ0n) is 10.6. The van der Waals surface area contributed by atoms with E-state index in [0.29, 0.717) is 6.42 Å². The second-order valence-corrected chi connectivity index (χ2v) is 4.89. The van der Waals surface area contributed by atoms with Crippen LogP contribution in [0.3, 0.4) is 0 Å². The molecule has 1 amide bonds. The standard InChI is InChI=1S/C12H22N2O3/c1-3-12(2,11(16)17)13-8-10(15)14-9-6-4-5-7-9/h9,13H,3-8H2,1-2H3,(H,14,15)(H,16,17). The lowest BCUT2D eigenvalue weighted by atomic mass is 9.99. The van der Waals surface area contributed by atoms with Gasteiger partial charge in [0.05, 0.1) is 6.54 Å². The normalized spacial score (nSPS) is 19.9. The van der Waals surface area contributed by atoms with Gasteiger partial charge in [0.15, 0.2) is 0 Å². The third kappa shape index (κ3) is 4.00. The Morgan fingerprint density at radius 1 is 1.35 bits per heavy atom. The van der Waals surface area contributed by atoms with Gasteiger partial charge in [0, 0.05) is 6.04 Å². The molecule has 1 aliphatic rings. The van der Waals surface area contributed by atoms with Crippen LogP contribution >= 0.6 is 0 Å². The summed E-state index contributed by atoms with van der Waals surface area (Å²) in [5.41, 5.74) is -1.02. The summed E-state index contributed by atoms with van der Waals surface area (Å²) in [7, 11) is 0. The highest BCUT2D eigenvalue weighted by molar-refractivity contribution is 5.82. The van der Waals surface area contributed by atoms with Gasteiger partial charge in [-0.05, 0) is 26.2 Å². The molecule has 0 aromatic carbocycles. The fourth-order valence-electron chi connectivity index (χ4n) is 1.98. The molecule has 1 saturated carbocycles. The van der Waals surface area contributed by atoms with Gasteiger partial charge in [0.2, 0.25) is 5.91 Å². The third-order valence-electron chi connectivity index (χ3n) is 3.54. The van der Waals surface area contributed by atoms with Gasteiger partial charge in [-0.2, -0.15) is 0 Å². The number of carbonyl (C=O) groups is 2. The highest BCUT2D eigenvalue weighted by atomic mass is 16.4. The summed E-state index contributed by atoms with van der Waals surface area (Å²) in [4.78, 5) is 22.6. The van der Waals surface area contributed by atoms with E-state index in [1.807, 2.05) is 0 Å². The number of aliphatic carboxylic acids is 1. The Bertz CT molecular complexity index is 287. The largest absolute Gasteiger partial charge is 0.480 e. The summed E-state index contributed by atoms with van der Waals surface area (Å²) in [5.74, 6) is -1.04. The van der Waals surface area contributed by atoms with Crippen LogP contribution in [-0.2, 0) is 9.59 Å². The number of rotatable bonds is 6. The van der Waals surface area contributed by atoms with E-state index in [9.17, 15) is 9.59 Å². The van der Waals surface area contributed by atoms with Gasteiger partial charge in [-0.25, -0.2) is 0 Å². The molecule has 0 heterocycles. The van der Waals surface area contributed by atoms with Crippen molar-refractivity contribution in [3.63, 3.8) is 0 Å². The van der Waals surface area contributed by atoms with E-state index < -0.39 is 11.5 Å². The van der Waals surface area contributed by atoms with Crippen LogP contribution < -0.4 is 10.6 Å². The van der Waals surface area contributed by atoms with Gasteiger partial charge < -0.3 is 10.4 Å². The molecule has 0 aromatic rings. The predicted molar refractivity (Wildman–Crippen MR) is 64.7 cm³/mol. The Hall–Kier alpha value is -1.10. The molecule has 98 valence electrons. The summed E-state index contributed by atoms with van der Waals surface area (Å²) in [6, 6.07) is 0.280. The number of amides is 1. The van der Waals surface area contributed by atoms with Crippen molar-refractivity contribution in [3.8, 4) is 0 Å². The number of carboxylic acid groups (broad SMARTS) is 1. The number of carboxylic acids is 1. The van der Waals surface area contributed by atoms with Gasteiger partial charge >= 0.3 is 5.97 Å². The zero-order valence-corrected chi connectivity index (χ0v) is 10.6. The molecule has 1 aliphatic carbocycles. The van der Waals surface area contributed by atoms with Crippen molar-refractivity contribution in [2.45, 2.75) is 57.5 Å². The molecular formula is C12H22N2O3. The quantitative estimate of drug-likeness (QED) is 0.646. The van der Waals surface area contributed by atoms with Crippen molar-refractivity contribution in [2.75, 3.05) is 6.54 Å². The average molecular weight is 242 g/mol. The molecule has 5 nitrogen and oxygen atoms in total. The maximum atomic E-state index is 11.6. The summed E-state index contributed by atoms with van der Waals surface area (Å²) in [5, 5.41) is 14.8. The van der Waals surface area contributed by atoms with Crippen molar-refractivity contribution in [3.05, 3.63) is 0 Å². The molecule has 1 unspecified atom stereocenters. The summed E-state index contributed by atoms with van der Waals surface area (Å²) in [6.07, 6.45) is 4.85. The molecule has 0 saturated heterocycles. The van der Waals surface area contributed by atoms with Crippen LogP contribution in [-0.4, -0.2) is 35.1 Å². The monoisotopic (exact) mass is 242 g/mol. The van der Waals surface area contributed by atoms with E-state index in [4.69, 9.17) is 5.11 Å². The van der Waals surface area contributed by atoms with Crippen LogP contribution in [0.2, 0.25) is 0 Å². The summed E-state index contributed by atoms with van der Waals surface area (Å²) in [6.45, 7) is 3.45. The van der Waals surface area contributed by atoms with Crippen LogP contribution in [0.1, 0.15) is 46.0 Å². The first-order valence-electron chi connectivity index (χ1n) is 6.25. The molecule has 17 heavy (non-hydrogen) atoms. The molecule has 1 atom stereocenters. The smallest absolute Gasteiger partial charge is 0.323 e. The number of hydrogen-bond acceptors (Lipinski definition) is 3. The maximum Gasteiger partial charge on any atom is 0.323 e. The molecule has 1 rings (SSSR count). The zero-order chi connectivity index (χ0) is 12.9. The van der Waals surface area contributed by atoms with Gasteiger partial charge in [-0.1, -0.05) is 19.8 Å². The highest BCUT2D eigenvalue weighted by Gasteiger charge is 2.31. The predicted octanol–water partition coefficient (Wildman–Crippen LogP) is 0.888. The number of hydrogen-bond donors (Lipinski definition) is 3. The molecular weight excluding hydrogens is 220 g/mol. The minimum atomic E-state index is -1.02. The molecule has 3 N–H and O–H groups in total. The Kier molecular flexibility index (Phi) is 4.93. The van der Waals surface area contributed by atoms with Gasteiger partial charge in [0.25, 0.3) is 0 Å². The summed E-state index contributed by atoms with van der Waals surface area (Å²) >= 11 is 0. The van der Waals surface area contributed by atoms with E-state index in [-0.39, 0.29) is 18.5 Å². The van der Waals surface area contributed by atoms with Crippen molar-refractivity contribution in [1.29, 1.82) is 0 Å². The van der Waals surface area contributed by atoms with Crippen molar-refractivity contribution in [2.24, 2.45) is 0 Å². The summed E-state index contributed by atoms with van der Waals surface area (Å²) < 4.78 is 0. The number of nitrogens with one attached hydrogen (secondary N) is 2. The molecule has 5 heteroatoms. The fourth-order valence-corrected chi connectivity index (χ4v) is 1.98. The molecule has 0 spiro atoms. The minimum absolute atomic E-state index is 0.0626. The van der Waals surface area contributed by atoms with Gasteiger partial charge in [-0.3, -0.25) is 14.9 Å². The van der Waals surface area contributed by atoms with E-state index in [1.54, 1.807) is 13.8 Å². The van der Waals surface area contributed by atoms with E-state index in [0.717, 1.165) is 12.8 Å². The molecule has 0 bridgehead atoms. The first kappa shape index (κ1) is 14.0. The van der Waals surface area contributed by atoms with Gasteiger partial charge in [0.1, 0.15) is 5.54 Å². The van der Waals surface area contributed by atoms with Crippen LogP contribution in [0.25, 0.3) is 0 Å². The first-order valence-corrected chi connectivity index (χ1v) is 6.25. The second kappa shape index (κ2) is 6.00. The third-order valence-corrected chi connectivity index (χ3v) is 3.54. The van der Waals surface area contributed by atoms with E-state index in [1.165, 1.54) is 12.8 Å². The Balaban J connectivity index is 2.33. The lowest BCUT2D eigenvalue weighted by molar-refractivity contribution is -0.144. The maximum absolute atomic E-state index is 11.6. The highest BCUT2D eigenvalue weighted by Crippen LogP contribution is 2.17. The Morgan fingerprint density at radius 3 is 2.41 bits per heavy atom. The first-order chi connectivity index (χ1) is 7.98. The van der Waals surface area contributed by atoms with Crippen LogP contribution in [0.4, 0.5) is 0 Å². The van der Waals surface area contributed by atoms with Gasteiger partial charge in [-0.15, -0.1) is 0 Å². The van der Waals surface area contributed by atoms with E-state index in [2.05, 4.69) is 10.6 Å². The average Bonchev–Trinajstić information content (AvgIpc) is 2.78. The van der Waals surface area contributed by atoms with Crippen molar-refractivity contribution >= 4 is 11.9 Å². The molecule has 0 aromatic heterocycles. The van der Waals surface area contributed by atoms with Crippen LogP contribution in [0.5, 0.6) is 0 Å².